The number of nitrogens with zero attached hydrogens (tertiary/aromatic N) is 3. The van der Waals surface area contributed by atoms with E-state index in [0.29, 0.717) is 18.1 Å². The molecule has 2 heterocycles. The summed E-state index contributed by atoms with van der Waals surface area (Å²) in [6.45, 7) is 0.446. The van der Waals surface area contributed by atoms with Gasteiger partial charge in [-0.05, 0) is 0 Å². The van der Waals surface area contributed by atoms with Gasteiger partial charge in [-0.1, -0.05) is 23.5 Å². The molecule has 0 unspecified atom stereocenters. The Hall–Kier alpha value is -1.40. The van der Waals surface area contributed by atoms with Gasteiger partial charge >= 0.3 is 4.87 Å². The minimum atomic E-state index is -0.0749. The molecule has 16 heavy (non-hydrogen) atoms. The number of aromatic nitrogens is 3. The monoisotopic (exact) mass is 256 g/mol. The summed E-state index contributed by atoms with van der Waals surface area (Å²) in [4.78, 5) is 19.5. The van der Waals surface area contributed by atoms with Crippen LogP contribution in [0.2, 0.25) is 0 Å². The largest absolute Gasteiger partial charge is 0.368 e. The Labute approximate surface area is 100 Å². The Kier molecular flexibility index (Phi) is 3.21. The van der Waals surface area contributed by atoms with Crippen molar-refractivity contribution in [3.63, 3.8) is 0 Å². The molecule has 0 radical (unpaired) electrons. The minimum absolute atomic E-state index is 0.0749. The number of fused-ring (bicyclic) bond motifs is 1. The lowest BCUT2D eigenvalue weighted by Crippen LogP contribution is -2.12. The molecule has 0 atom stereocenters. The van der Waals surface area contributed by atoms with E-state index >= 15 is 0 Å². The highest BCUT2D eigenvalue weighted by molar-refractivity contribution is 7.16. The molecule has 2 N–H and O–H groups in total. The van der Waals surface area contributed by atoms with E-state index in [1.54, 1.807) is 16.8 Å². The Morgan fingerprint density at radius 3 is 3.12 bits per heavy atom. The zero-order valence-corrected chi connectivity index (χ0v) is 9.83. The summed E-state index contributed by atoms with van der Waals surface area (Å²) in [6.07, 6.45) is 5.16. The smallest absolute Gasteiger partial charge is 0.309 e. The molecule has 0 aliphatic carbocycles. The molecular weight excluding hydrogens is 248 g/mol. The summed E-state index contributed by atoms with van der Waals surface area (Å²) in [5, 5.41) is 0. The van der Waals surface area contributed by atoms with E-state index in [4.69, 9.17) is 17.3 Å². The van der Waals surface area contributed by atoms with E-state index < -0.39 is 0 Å². The van der Waals surface area contributed by atoms with Crippen molar-refractivity contribution in [2.45, 2.75) is 6.54 Å². The molecular formula is C9H9ClN4OS. The number of thiazole rings is 1. The number of hydrogen-bond acceptors (Lipinski definition) is 5. The molecule has 0 bridgehead atoms. The van der Waals surface area contributed by atoms with E-state index in [9.17, 15) is 4.79 Å². The summed E-state index contributed by atoms with van der Waals surface area (Å²) in [5.74, 6) is 0.592. The summed E-state index contributed by atoms with van der Waals surface area (Å²) in [6, 6.07) is 0. The predicted molar refractivity (Wildman–Crippen MR) is 65.9 cm³/mol. The number of nitrogen functional groups attached to an aromatic ring is 1. The first-order valence-corrected chi connectivity index (χ1v) is 5.90. The van der Waals surface area contributed by atoms with Crippen LogP contribution >= 0.6 is 22.9 Å². The van der Waals surface area contributed by atoms with E-state index in [2.05, 4.69) is 9.97 Å². The fraction of sp³-hybridized carbons (Fsp3) is 0.222. The topological polar surface area (TPSA) is 73.8 Å². The van der Waals surface area contributed by atoms with Crippen LogP contribution in [0.3, 0.4) is 0 Å². The molecule has 0 spiro atoms. The lowest BCUT2D eigenvalue weighted by atomic mass is 10.5. The third kappa shape index (κ3) is 2.07. The second-order valence-corrected chi connectivity index (χ2v) is 4.32. The van der Waals surface area contributed by atoms with Crippen LogP contribution in [0.1, 0.15) is 0 Å². The van der Waals surface area contributed by atoms with E-state index in [-0.39, 0.29) is 10.8 Å². The maximum Gasteiger partial charge on any atom is 0.309 e. The van der Waals surface area contributed by atoms with Crippen LogP contribution in [0.5, 0.6) is 0 Å². The highest BCUT2D eigenvalue weighted by atomic mass is 35.5. The quantitative estimate of drug-likeness (QED) is 0.662. The van der Waals surface area contributed by atoms with Gasteiger partial charge in [-0.25, -0.2) is 4.98 Å². The first kappa shape index (κ1) is 11.1. The molecule has 2 aromatic heterocycles. The number of halogens is 1. The molecule has 0 saturated heterocycles. The zero-order chi connectivity index (χ0) is 11.5. The Bertz CT molecular complexity index is 589. The third-order valence-electron chi connectivity index (χ3n) is 1.97. The molecule has 0 aromatic carbocycles. The van der Waals surface area contributed by atoms with Gasteiger partial charge < -0.3 is 5.73 Å². The highest BCUT2D eigenvalue weighted by Crippen LogP contribution is 2.14. The number of hydrogen-bond donors (Lipinski definition) is 1. The van der Waals surface area contributed by atoms with Crippen molar-refractivity contribution in [2.75, 3.05) is 11.6 Å². The minimum Gasteiger partial charge on any atom is -0.368 e. The fourth-order valence-electron chi connectivity index (χ4n) is 1.28. The number of alkyl halides is 1. The van der Waals surface area contributed by atoms with Crippen LogP contribution in [-0.4, -0.2) is 20.4 Å². The summed E-state index contributed by atoms with van der Waals surface area (Å²) >= 11 is 6.61. The second kappa shape index (κ2) is 4.63. The third-order valence-corrected chi connectivity index (χ3v) is 3.05. The van der Waals surface area contributed by atoms with Crippen molar-refractivity contribution in [1.82, 2.24) is 14.5 Å². The van der Waals surface area contributed by atoms with Gasteiger partial charge in [0.1, 0.15) is 0 Å². The van der Waals surface area contributed by atoms with Crippen molar-refractivity contribution in [1.29, 1.82) is 0 Å². The van der Waals surface area contributed by atoms with Crippen molar-refractivity contribution in [2.24, 2.45) is 0 Å². The summed E-state index contributed by atoms with van der Waals surface area (Å²) in [5.41, 5.74) is 6.06. The van der Waals surface area contributed by atoms with Crippen LogP contribution < -0.4 is 10.6 Å². The van der Waals surface area contributed by atoms with Gasteiger partial charge in [0.05, 0.1) is 10.9 Å². The van der Waals surface area contributed by atoms with Crippen LogP contribution in [0.25, 0.3) is 10.3 Å². The van der Waals surface area contributed by atoms with Gasteiger partial charge in [0.15, 0.2) is 5.65 Å². The normalized spacial score (nSPS) is 11.6. The summed E-state index contributed by atoms with van der Waals surface area (Å²) < 4.78 is 2.28. The predicted octanol–water partition coefficient (Wildman–Crippen LogP) is 1.23. The molecule has 2 rings (SSSR count). The number of anilines is 1. The van der Waals surface area contributed by atoms with Crippen molar-refractivity contribution in [3.8, 4) is 0 Å². The van der Waals surface area contributed by atoms with E-state index in [0.717, 1.165) is 16.0 Å². The number of rotatable bonds is 3. The molecule has 2 aromatic rings. The molecule has 5 nitrogen and oxygen atoms in total. The van der Waals surface area contributed by atoms with Crippen molar-refractivity contribution >= 4 is 39.2 Å². The molecule has 0 fully saturated rings. The van der Waals surface area contributed by atoms with E-state index in [1.165, 1.54) is 0 Å². The van der Waals surface area contributed by atoms with Gasteiger partial charge in [0.2, 0.25) is 5.95 Å². The van der Waals surface area contributed by atoms with Gasteiger partial charge in [0.25, 0.3) is 0 Å². The first-order chi connectivity index (χ1) is 7.72. The lowest BCUT2D eigenvalue weighted by Gasteiger charge is -1.98. The molecule has 0 aliphatic rings. The average molecular weight is 257 g/mol. The SMILES string of the molecule is Nc1ncc2sc(=O)n(C/C=C\CCl)c2n1. The molecule has 0 aliphatic heterocycles. The number of allylic oxidation sites excluding steroid dienone is 2. The van der Waals surface area contributed by atoms with Gasteiger partial charge in [-0.3, -0.25) is 9.36 Å². The van der Waals surface area contributed by atoms with Crippen LogP contribution in [0, 0.1) is 0 Å². The fourth-order valence-corrected chi connectivity index (χ4v) is 2.22. The Morgan fingerprint density at radius 1 is 1.56 bits per heavy atom. The van der Waals surface area contributed by atoms with Crippen LogP contribution in [0.4, 0.5) is 5.95 Å². The van der Waals surface area contributed by atoms with Crippen molar-refractivity contribution < 1.29 is 0 Å². The van der Waals surface area contributed by atoms with E-state index in [1.807, 2.05) is 6.08 Å². The van der Waals surface area contributed by atoms with Crippen LogP contribution in [0.15, 0.2) is 23.1 Å². The van der Waals surface area contributed by atoms with Gasteiger partial charge in [-0.15, -0.1) is 11.6 Å². The zero-order valence-electron chi connectivity index (χ0n) is 8.26. The Balaban J connectivity index is 2.50. The maximum absolute atomic E-state index is 11.7. The molecule has 0 amide bonds. The molecule has 7 heteroatoms. The standard InChI is InChI=1S/C9H9ClN4OS/c10-3-1-2-4-14-7-6(16-9(14)15)5-12-8(11)13-7/h1-2,5H,3-4H2,(H2,11,12,13)/b2-1-. The maximum atomic E-state index is 11.7. The van der Waals surface area contributed by atoms with Gasteiger partial charge in [-0.2, -0.15) is 4.98 Å². The average Bonchev–Trinajstić information content (AvgIpc) is 2.56. The lowest BCUT2D eigenvalue weighted by molar-refractivity contribution is 0.825. The highest BCUT2D eigenvalue weighted by Gasteiger charge is 2.08. The molecule has 84 valence electrons. The summed E-state index contributed by atoms with van der Waals surface area (Å²) in [7, 11) is 0. The number of nitrogens with two attached hydrogens (primary N) is 1. The molecule has 0 saturated carbocycles. The second-order valence-electron chi connectivity index (χ2n) is 3.02. The Morgan fingerprint density at radius 2 is 2.38 bits per heavy atom. The first-order valence-electron chi connectivity index (χ1n) is 4.55. The van der Waals surface area contributed by atoms with Crippen molar-refractivity contribution in [3.05, 3.63) is 28.0 Å². The van der Waals surface area contributed by atoms with Gasteiger partial charge in [0, 0.05) is 12.4 Å². The van der Waals surface area contributed by atoms with Crippen LogP contribution in [-0.2, 0) is 6.54 Å².